The van der Waals surface area contributed by atoms with E-state index in [9.17, 15) is 9.59 Å². The van der Waals surface area contributed by atoms with Crippen LogP contribution in [0.5, 0.6) is 0 Å². The smallest absolute Gasteiger partial charge is 0.316 e. The van der Waals surface area contributed by atoms with Gasteiger partial charge < -0.3 is 9.64 Å². The molecule has 1 heterocycles. The van der Waals surface area contributed by atoms with Gasteiger partial charge in [-0.05, 0) is 49.9 Å². The van der Waals surface area contributed by atoms with Gasteiger partial charge in [-0.2, -0.15) is 0 Å². The number of carbonyl (C=O) groups excluding carboxylic acids is 2. The average molecular weight is 386 g/mol. The molecule has 1 aliphatic heterocycles. The highest BCUT2D eigenvalue weighted by atomic mass is 79.9. The van der Waals surface area contributed by atoms with Gasteiger partial charge in [0.2, 0.25) is 0 Å². The van der Waals surface area contributed by atoms with Crippen molar-refractivity contribution in [3.8, 4) is 0 Å². The Balaban J connectivity index is 1.78. The fraction of sp³-hybridized carbons (Fsp3) is 0.500. The Labute approximate surface area is 143 Å². The SMILES string of the molecule is Cc1cc(SCC(=O)OCC(=O)N2CCCC2)c(C)cc1Br. The number of benzene rings is 1. The lowest BCUT2D eigenvalue weighted by atomic mass is 10.2. The Hall–Kier alpha value is -1.01. The van der Waals surface area contributed by atoms with Crippen molar-refractivity contribution in [1.82, 2.24) is 4.90 Å². The second-order valence-electron chi connectivity index (χ2n) is 5.40. The molecule has 120 valence electrons. The molecule has 0 radical (unpaired) electrons. The van der Waals surface area contributed by atoms with E-state index in [-0.39, 0.29) is 24.2 Å². The van der Waals surface area contributed by atoms with Crippen LogP contribution in [-0.2, 0) is 14.3 Å². The number of hydrogen-bond acceptors (Lipinski definition) is 4. The van der Waals surface area contributed by atoms with E-state index < -0.39 is 0 Å². The lowest BCUT2D eigenvalue weighted by Crippen LogP contribution is -2.32. The van der Waals surface area contributed by atoms with Gasteiger partial charge in [-0.3, -0.25) is 9.59 Å². The number of carbonyl (C=O) groups is 2. The summed E-state index contributed by atoms with van der Waals surface area (Å²) in [4.78, 5) is 26.4. The van der Waals surface area contributed by atoms with E-state index in [4.69, 9.17) is 4.74 Å². The van der Waals surface area contributed by atoms with Crippen LogP contribution in [0.4, 0.5) is 0 Å². The largest absolute Gasteiger partial charge is 0.455 e. The Kier molecular flexibility index (Phi) is 6.32. The maximum atomic E-state index is 11.8. The highest BCUT2D eigenvalue weighted by molar-refractivity contribution is 9.10. The molecule has 0 bridgehead atoms. The van der Waals surface area contributed by atoms with Crippen molar-refractivity contribution in [3.05, 3.63) is 27.7 Å². The van der Waals surface area contributed by atoms with E-state index >= 15 is 0 Å². The molecule has 1 amide bonds. The third-order valence-electron chi connectivity index (χ3n) is 3.62. The van der Waals surface area contributed by atoms with Crippen molar-refractivity contribution in [2.24, 2.45) is 0 Å². The predicted octanol–water partition coefficient (Wildman–Crippen LogP) is 3.32. The van der Waals surface area contributed by atoms with Crippen LogP contribution >= 0.6 is 27.7 Å². The summed E-state index contributed by atoms with van der Waals surface area (Å²) in [6, 6.07) is 4.09. The standard InChI is InChI=1S/C16H20BrNO3S/c1-11-8-14(12(2)7-13(11)17)22-10-16(20)21-9-15(19)18-5-3-4-6-18/h7-8H,3-6,9-10H2,1-2H3. The quantitative estimate of drug-likeness (QED) is 0.575. The normalized spacial score (nSPS) is 14.2. The minimum Gasteiger partial charge on any atom is -0.455 e. The number of rotatable bonds is 5. The number of halogens is 1. The maximum absolute atomic E-state index is 11.8. The first kappa shape index (κ1) is 17.3. The summed E-state index contributed by atoms with van der Waals surface area (Å²) in [7, 11) is 0. The highest BCUT2D eigenvalue weighted by Crippen LogP contribution is 2.28. The van der Waals surface area contributed by atoms with E-state index in [0.29, 0.717) is 0 Å². The molecule has 22 heavy (non-hydrogen) atoms. The molecule has 0 unspecified atom stereocenters. The minimum absolute atomic E-state index is 0.0912. The van der Waals surface area contributed by atoms with Crippen LogP contribution in [0.25, 0.3) is 0 Å². The fourth-order valence-corrected chi connectivity index (χ4v) is 3.65. The van der Waals surface area contributed by atoms with Crippen molar-refractivity contribution in [2.45, 2.75) is 31.6 Å². The maximum Gasteiger partial charge on any atom is 0.316 e. The summed E-state index contributed by atoms with van der Waals surface area (Å²) in [5, 5.41) is 0. The number of aryl methyl sites for hydroxylation is 2. The molecule has 1 saturated heterocycles. The first-order valence-corrected chi connectivity index (χ1v) is 9.08. The van der Waals surface area contributed by atoms with Crippen molar-refractivity contribution in [1.29, 1.82) is 0 Å². The summed E-state index contributed by atoms with van der Waals surface area (Å²) in [5.41, 5.74) is 2.24. The molecule has 1 aliphatic rings. The number of amides is 1. The Morgan fingerprint density at radius 2 is 1.91 bits per heavy atom. The topological polar surface area (TPSA) is 46.6 Å². The van der Waals surface area contributed by atoms with Gasteiger partial charge in [-0.25, -0.2) is 0 Å². The number of likely N-dealkylation sites (tertiary alicyclic amines) is 1. The van der Waals surface area contributed by atoms with Gasteiger partial charge in [-0.15, -0.1) is 11.8 Å². The Morgan fingerprint density at radius 3 is 2.59 bits per heavy atom. The molecule has 6 heteroatoms. The molecule has 0 atom stereocenters. The second kappa shape index (κ2) is 8.02. The van der Waals surface area contributed by atoms with Crippen LogP contribution in [0.1, 0.15) is 24.0 Å². The molecule has 0 aliphatic carbocycles. The first-order valence-electron chi connectivity index (χ1n) is 7.30. The second-order valence-corrected chi connectivity index (χ2v) is 7.28. The third kappa shape index (κ3) is 4.74. The van der Waals surface area contributed by atoms with E-state index in [1.165, 1.54) is 11.8 Å². The van der Waals surface area contributed by atoms with Gasteiger partial charge in [-0.1, -0.05) is 15.9 Å². The molecule has 4 nitrogen and oxygen atoms in total. The molecular weight excluding hydrogens is 366 g/mol. The molecule has 1 aromatic carbocycles. The summed E-state index contributed by atoms with van der Waals surface area (Å²) >= 11 is 4.93. The van der Waals surface area contributed by atoms with Crippen LogP contribution in [0.15, 0.2) is 21.5 Å². The van der Waals surface area contributed by atoms with Gasteiger partial charge in [0.15, 0.2) is 6.61 Å². The minimum atomic E-state index is -0.350. The Morgan fingerprint density at radius 1 is 1.23 bits per heavy atom. The molecule has 0 N–H and O–H groups in total. The van der Waals surface area contributed by atoms with E-state index in [2.05, 4.69) is 15.9 Å². The number of hydrogen-bond donors (Lipinski definition) is 0. The third-order valence-corrected chi connectivity index (χ3v) is 5.60. The van der Waals surface area contributed by atoms with Gasteiger partial charge in [0.25, 0.3) is 5.91 Å². The van der Waals surface area contributed by atoms with E-state index in [1.54, 1.807) is 4.90 Å². The van der Waals surface area contributed by atoms with Crippen LogP contribution in [0.2, 0.25) is 0 Å². The fourth-order valence-electron chi connectivity index (χ4n) is 2.29. The monoisotopic (exact) mass is 385 g/mol. The molecule has 2 rings (SSSR count). The van der Waals surface area contributed by atoms with Gasteiger partial charge in [0, 0.05) is 22.5 Å². The lowest BCUT2D eigenvalue weighted by Gasteiger charge is -2.15. The van der Waals surface area contributed by atoms with Gasteiger partial charge in [0.1, 0.15) is 0 Å². The molecule has 1 aromatic rings. The van der Waals surface area contributed by atoms with Crippen LogP contribution in [0.3, 0.4) is 0 Å². The summed E-state index contributed by atoms with van der Waals surface area (Å²) < 4.78 is 6.13. The summed E-state index contributed by atoms with van der Waals surface area (Å²) in [6.45, 7) is 5.44. The summed E-state index contributed by atoms with van der Waals surface area (Å²) in [6.07, 6.45) is 2.08. The predicted molar refractivity (Wildman–Crippen MR) is 91.1 cm³/mol. The highest BCUT2D eigenvalue weighted by Gasteiger charge is 2.19. The van der Waals surface area contributed by atoms with Gasteiger partial charge >= 0.3 is 5.97 Å². The Bertz CT molecular complexity index is 571. The van der Waals surface area contributed by atoms with Crippen LogP contribution < -0.4 is 0 Å². The van der Waals surface area contributed by atoms with Crippen molar-refractivity contribution in [2.75, 3.05) is 25.4 Å². The van der Waals surface area contributed by atoms with Gasteiger partial charge in [0.05, 0.1) is 5.75 Å². The molecular formula is C16H20BrNO3S. The number of ether oxygens (including phenoxy) is 1. The molecule has 1 fully saturated rings. The molecule has 0 spiro atoms. The zero-order valence-electron chi connectivity index (χ0n) is 12.9. The lowest BCUT2D eigenvalue weighted by molar-refractivity contribution is -0.149. The van der Waals surface area contributed by atoms with E-state index in [0.717, 1.165) is 46.4 Å². The van der Waals surface area contributed by atoms with Crippen LogP contribution in [0, 0.1) is 13.8 Å². The molecule has 0 aromatic heterocycles. The van der Waals surface area contributed by atoms with Crippen molar-refractivity contribution in [3.63, 3.8) is 0 Å². The van der Waals surface area contributed by atoms with Crippen LogP contribution in [-0.4, -0.2) is 42.2 Å². The van der Waals surface area contributed by atoms with Crippen molar-refractivity contribution >= 4 is 39.6 Å². The van der Waals surface area contributed by atoms with E-state index in [1.807, 2.05) is 26.0 Å². The zero-order valence-corrected chi connectivity index (χ0v) is 15.3. The number of nitrogens with zero attached hydrogens (tertiary/aromatic N) is 1. The average Bonchev–Trinajstić information content (AvgIpc) is 3.01. The zero-order chi connectivity index (χ0) is 16.1. The molecule has 0 saturated carbocycles. The van der Waals surface area contributed by atoms with Crippen molar-refractivity contribution < 1.29 is 14.3 Å². The number of thioether (sulfide) groups is 1. The first-order chi connectivity index (χ1) is 10.5. The number of esters is 1. The summed E-state index contributed by atoms with van der Waals surface area (Å²) in [5.74, 6) is -0.223.